The number of fused-ring (bicyclic) bond motifs is 1. The van der Waals surface area contributed by atoms with Crippen molar-refractivity contribution in [3.05, 3.63) is 21.4 Å². The Morgan fingerprint density at radius 3 is 2.86 bits per heavy atom. The molecule has 0 radical (unpaired) electrons. The molecule has 0 saturated heterocycles. The molecule has 21 heavy (non-hydrogen) atoms. The van der Waals surface area contributed by atoms with Gasteiger partial charge in [0.2, 0.25) is 0 Å². The second-order valence-electron chi connectivity index (χ2n) is 5.31. The van der Waals surface area contributed by atoms with Crippen LogP contribution >= 0.6 is 11.3 Å². The number of hydrogen-bond acceptors (Lipinski definition) is 5. The molecule has 0 aromatic carbocycles. The first-order valence-corrected chi connectivity index (χ1v) is 7.61. The Labute approximate surface area is 126 Å². The summed E-state index contributed by atoms with van der Waals surface area (Å²) in [4.78, 5) is 35.8. The summed E-state index contributed by atoms with van der Waals surface area (Å²) in [5.74, 6) is -0.656. The largest absolute Gasteiger partial charge is 0.448 e. The lowest BCUT2D eigenvalue weighted by atomic mass is 9.90. The van der Waals surface area contributed by atoms with Crippen LogP contribution in [0.2, 0.25) is 0 Å². The van der Waals surface area contributed by atoms with Gasteiger partial charge in [-0.1, -0.05) is 6.92 Å². The molecule has 1 aromatic rings. The molecule has 114 valence electrons. The number of ether oxygens (including phenoxy) is 1. The van der Waals surface area contributed by atoms with Gasteiger partial charge in [-0.15, -0.1) is 11.3 Å². The summed E-state index contributed by atoms with van der Waals surface area (Å²) in [5.41, 5.74) is 6.04. The van der Waals surface area contributed by atoms with E-state index >= 15 is 0 Å². The standard InChI is InChI=1S/C14H18N2O4S/c1-7-3-4-10-9(5-7)6-11(21-10)13(18)20-8(2)12(17)16-14(15)19/h6-8H,3-5H2,1-2H3,(H3,15,16,17,19). The summed E-state index contributed by atoms with van der Waals surface area (Å²) in [7, 11) is 0. The maximum Gasteiger partial charge on any atom is 0.349 e. The summed E-state index contributed by atoms with van der Waals surface area (Å²) in [6.45, 7) is 3.58. The SMILES string of the molecule is CC1CCc2sc(C(=O)OC(C)C(=O)NC(N)=O)cc2C1. The fourth-order valence-corrected chi connectivity index (χ4v) is 3.39. The fourth-order valence-electron chi connectivity index (χ4n) is 2.30. The molecule has 3 amide bonds. The van der Waals surface area contributed by atoms with Gasteiger partial charge in [0.25, 0.3) is 5.91 Å². The van der Waals surface area contributed by atoms with Crippen LogP contribution in [-0.4, -0.2) is 24.0 Å². The Morgan fingerprint density at radius 2 is 2.19 bits per heavy atom. The molecular formula is C14H18N2O4S. The van der Waals surface area contributed by atoms with Crippen LogP contribution in [0.25, 0.3) is 0 Å². The Morgan fingerprint density at radius 1 is 1.48 bits per heavy atom. The number of carbonyl (C=O) groups is 3. The van der Waals surface area contributed by atoms with Crippen molar-refractivity contribution >= 4 is 29.2 Å². The number of thiophene rings is 1. The Bertz CT molecular complexity index is 582. The number of primary amides is 1. The number of carbonyl (C=O) groups excluding carboxylic acids is 3. The van der Waals surface area contributed by atoms with Crippen molar-refractivity contribution in [3.8, 4) is 0 Å². The number of nitrogens with one attached hydrogen (secondary N) is 1. The van der Waals surface area contributed by atoms with E-state index in [1.54, 1.807) is 0 Å². The van der Waals surface area contributed by atoms with Crippen LogP contribution in [0.3, 0.4) is 0 Å². The number of nitrogens with two attached hydrogens (primary N) is 1. The van der Waals surface area contributed by atoms with Crippen LogP contribution in [-0.2, 0) is 22.4 Å². The average molecular weight is 310 g/mol. The van der Waals surface area contributed by atoms with Crippen molar-refractivity contribution in [3.63, 3.8) is 0 Å². The van der Waals surface area contributed by atoms with Gasteiger partial charge in [0.1, 0.15) is 4.88 Å². The Hall–Kier alpha value is -1.89. The highest BCUT2D eigenvalue weighted by Crippen LogP contribution is 2.32. The summed E-state index contributed by atoms with van der Waals surface area (Å²) in [5, 5.41) is 1.88. The second-order valence-corrected chi connectivity index (χ2v) is 6.44. The quantitative estimate of drug-likeness (QED) is 0.829. The number of urea groups is 1. The molecule has 7 heteroatoms. The number of aryl methyl sites for hydroxylation is 1. The van der Waals surface area contributed by atoms with Gasteiger partial charge in [-0.05, 0) is 43.7 Å². The minimum Gasteiger partial charge on any atom is -0.448 e. The molecule has 3 N–H and O–H groups in total. The third-order valence-electron chi connectivity index (χ3n) is 3.43. The molecule has 0 saturated carbocycles. The molecule has 1 aromatic heterocycles. The molecule has 1 aliphatic carbocycles. The monoisotopic (exact) mass is 310 g/mol. The van der Waals surface area contributed by atoms with Gasteiger partial charge in [-0.25, -0.2) is 9.59 Å². The van der Waals surface area contributed by atoms with Crippen molar-refractivity contribution < 1.29 is 19.1 Å². The molecule has 1 aliphatic rings. The van der Waals surface area contributed by atoms with Crippen molar-refractivity contribution in [2.24, 2.45) is 11.7 Å². The molecule has 2 atom stereocenters. The zero-order valence-electron chi connectivity index (χ0n) is 12.0. The molecule has 0 spiro atoms. The van der Waals surface area contributed by atoms with E-state index in [9.17, 15) is 14.4 Å². The van der Waals surface area contributed by atoms with E-state index in [2.05, 4.69) is 6.92 Å². The van der Waals surface area contributed by atoms with Gasteiger partial charge < -0.3 is 10.5 Å². The van der Waals surface area contributed by atoms with Crippen LogP contribution in [0.1, 0.15) is 40.4 Å². The molecule has 0 bridgehead atoms. The molecule has 6 nitrogen and oxygen atoms in total. The second kappa shape index (κ2) is 6.26. The predicted molar refractivity (Wildman–Crippen MR) is 78.1 cm³/mol. The highest BCUT2D eigenvalue weighted by Gasteiger charge is 2.24. The fraction of sp³-hybridized carbons (Fsp3) is 0.500. The predicted octanol–water partition coefficient (Wildman–Crippen LogP) is 1.61. The van der Waals surface area contributed by atoms with Crippen LogP contribution in [0.4, 0.5) is 4.79 Å². The first-order chi connectivity index (χ1) is 9.86. The number of imide groups is 1. The lowest BCUT2D eigenvalue weighted by molar-refractivity contribution is -0.127. The van der Waals surface area contributed by atoms with Crippen molar-refractivity contribution in [1.82, 2.24) is 5.32 Å². The molecule has 0 aliphatic heterocycles. The van der Waals surface area contributed by atoms with Gasteiger partial charge >= 0.3 is 12.0 Å². The van der Waals surface area contributed by atoms with E-state index in [1.807, 2.05) is 11.4 Å². The van der Waals surface area contributed by atoms with Crippen molar-refractivity contribution in [1.29, 1.82) is 0 Å². The third kappa shape index (κ3) is 3.81. The highest BCUT2D eigenvalue weighted by molar-refractivity contribution is 7.14. The maximum atomic E-state index is 12.0. The van der Waals surface area contributed by atoms with Gasteiger partial charge in [-0.3, -0.25) is 10.1 Å². The van der Waals surface area contributed by atoms with E-state index in [0.717, 1.165) is 19.3 Å². The zero-order chi connectivity index (χ0) is 15.6. The van der Waals surface area contributed by atoms with E-state index in [4.69, 9.17) is 10.5 Å². The minimum atomic E-state index is -1.07. The first-order valence-electron chi connectivity index (χ1n) is 6.79. The Balaban J connectivity index is 2.01. The van der Waals surface area contributed by atoms with Crippen LogP contribution < -0.4 is 11.1 Å². The van der Waals surface area contributed by atoms with Crippen LogP contribution in [0.5, 0.6) is 0 Å². The maximum absolute atomic E-state index is 12.0. The number of amides is 3. The van der Waals surface area contributed by atoms with Crippen molar-refractivity contribution in [2.45, 2.75) is 39.2 Å². The molecular weight excluding hydrogens is 292 g/mol. The van der Waals surface area contributed by atoms with Gasteiger partial charge in [0.05, 0.1) is 0 Å². The summed E-state index contributed by atoms with van der Waals surface area (Å²) >= 11 is 1.42. The summed E-state index contributed by atoms with van der Waals surface area (Å²) in [6.07, 6.45) is 2.01. The normalized spacial score (nSPS) is 18.5. The van der Waals surface area contributed by atoms with E-state index < -0.39 is 24.0 Å². The lowest BCUT2D eigenvalue weighted by Crippen LogP contribution is -2.42. The third-order valence-corrected chi connectivity index (χ3v) is 4.65. The van der Waals surface area contributed by atoms with Crippen LogP contribution in [0.15, 0.2) is 6.07 Å². The highest BCUT2D eigenvalue weighted by atomic mass is 32.1. The van der Waals surface area contributed by atoms with Crippen LogP contribution in [0, 0.1) is 5.92 Å². The smallest absolute Gasteiger partial charge is 0.349 e. The molecule has 1 heterocycles. The van der Waals surface area contributed by atoms with Crippen molar-refractivity contribution in [2.75, 3.05) is 0 Å². The minimum absolute atomic E-state index is 0.493. The molecule has 2 unspecified atom stereocenters. The topological polar surface area (TPSA) is 98.5 Å². The first kappa shape index (κ1) is 15.5. The lowest BCUT2D eigenvalue weighted by Gasteiger charge is -2.16. The van der Waals surface area contributed by atoms with E-state index in [-0.39, 0.29) is 0 Å². The number of rotatable bonds is 3. The Kier molecular flexibility index (Phi) is 4.62. The van der Waals surface area contributed by atoms with Gasteiger partial charge in [0, 0.05) is 4.88 Å². The molecule has 0 fully saturated rings. The zero-order valence-corrected chi connectivity index (χ0v) is 12.8. The van der Waals surface area contributed by atoms with Gasteiger partial charge in [0.15, 0.2) is 6.10 Å². The number of hydrogen-bond donors (Lipinski definition) is 2. The van der Waals surface area contributed by atoms with E-state index in [1.165, 1.54) is 28.7 Å². The summed E-state index contributed by atoms with van der Waals surface area (Å²) in [6, 6.07) is 0.875. The average Bonchev–Trinajstić information content (AvgIpc) is 2.80. The number of esters is 1. The summed E-state index contributed by atoms with van der Waals surface area (Å²) < 4.78 is 5.06. The van der Waals surface area contributed by atoms with Gasteiger partial charge in [-0.2, -0.15) is 0 Å². The molecule has 2 rings (SSSR count). The van der Waals surface area contributed by atoms with E-state index in [0.29, 0.717) is 10.8 Å².